The summed E-state index contributed by atoms with van der Waals surface area (Å²) in [6, 6.07) is 6.60. The number of halogens is 2. The van der Waals surface area contributed by atoms with Crippen molar-refractivity contribution in [1.29, 1.82) is 0 Å². The van der Waals surface area contributed by atoms with E-state index in [9.17, 15) is 9.59 Å². The Bertz CT molecular complexity index is 694. The van der Waals surface area contributed by atoms with Gasteiger partial charge in [-0.2, -0.15) is 0 Å². The number of carbonyl (C=O) groups is 2. The molecule has 0 aromatic heterocycles. The van der Waals surface area contributed by atoms with Crippen LogP contribution in [0, 0.1) is 0 Å². The first-order valence-corrected chi connectivity index (χ1v) is 6.54. The van der Waals surface area contributed by atoms with E-state index < -0.39 is 11.9 Å². The number of hydrogen-bond donors (Lipinski definition) is 2. The van der Waals surface area contributed by atoms with Gasteiger partial charge < -0.3 is 10.2 Å². The van der Waals surface area contributed by atoms with Gasteiger partial charge in [0.25, 0.3) is 0 Å². The Morgan fingerprint density at radius 1 is 0.913 bits per heavy atom. The maximum Gasteiger partial charge on any atom is 0.335 e. The van der Waals surface area contributed by atoms with Crippen LogP contribution in [0.3, 0.4) is 0 Å². The molecule has 0 spiro atoms. The van der Waals surface area contributed by atoms with Gasteiger partial charge in [-0.25, -0.2) is 9.59 Å². The van der Waals surface area contributed by atoms with Gasteiger partial charge in [0.1, 0.15) is 0 Å². The third kappa shape index (κ3) is 4.71. The minimum atomic E-state index is -0.963. The number of hydrogen-bond acceptors (Lipinski definition) is 2. The van der Waals surface area contributed by atoms with Gasteiger partial charge >= 0.3 is 11.9 Å². The van der Waals surface area contributed by atoms with E-state index in [2.05, 4.69) is 0 Å². The summed E-state index contributed by atoms with van der Waals surface area (Å²) in [5.41, 5.74) is 4.44. The van der Waals surface area contributed by atoms with Crippen LogP contribution >= 0.6 is 24.8 Å². The van der Waals surface area contributed by atoms with Crippen molar-refractivity contribution in [3.8, 4) is 0 Å². The monoisotopic (exact) mass is 356 g/mol. The number of benzene rings is 1. The Hall–Kier alpha value is -2.04. The van der Waals surface area contributed by atoms with Gasteiger partial charge in [0.2, 0.25) is 0 Å². The highest BCUT2D eigenvalue weighted by Crippen LogP contribution is 2.34. The first kappa shape index (κ1) is 21.0. The predicted octanol–water partition coefficient (Wildman–Crippen LogP) is 4.36. The molecule has 2 N–H and O–H groups in total. The highest BCUT2D eigenvalue weighted by Gasteiger charge is 2.19. The van der Waals surface area contributed by atoms with E-state index in [1.54, 1.807) is 36.4 Å². The molecular weight excluding hydrogens is 339 g/mol. The van der Waals surface area contributed by atoms with E-state index in [0.29, 0.717) is 12.0 Å². The lowest BCUT2D eigenvalue weighted by molar-refractivity contribution is -0.132. The van der Waals surface area contributed by atoms with E-state index >= 15 is 0 Å². The molecule has 0 bridgehead atoms. The Morgan fingerprint density at radius 3 is 1.91 bits per heavy atom. The molecule has 0 radical (unpaired) electrons. The van der Waals surface area contributed by atoms with Gasteiger partial charge in [0.15, 0.2) is 0 Å². The van der Waals surface area contributed by atoms with Crippen LogP contribution in [0.1, 0.15) is 36.2 Å². The summed E-state index contributed by atoms with van der Waals surface area (Å²) in [4.78, 5) is 22.0. The Kier molecular flexibility index (Phi) is 7.80. The Labute approximate surface area is 147 Å². The Morgan fingerprint density at radius 2 is 1.48 bits per heavy atom. The van der Waals surface area contributed by atoms with Gasteiger partial charge in [-0.1, -0.05) is 29.9 Å². The molecule has 0 heterocycles. The molecule has 1 aliphatic rings. The maximum atomic E-state index is 11.1. The fraction of sp³-hybridized carbons (Fsp3) is 0.176. The van der Waals surface area contributed by atoms with Crippen LogP contribution in [0.25, 0.3) is 5.57 Å². The zero-order valence-electron chi connectivity index (χ0n) is 12.7. The molecule has 6 heteroatoms. The highest BCUT2D eigenvalue weighted by atomic mass is 35.5. The molecule has 23 heavy (non-hydrogen) atoms. The van der Waals surface area contributed by atoms with Crippen molar-refractivity contribution in [2.75, 3.05) is 0 Å². The molecule has 0 unspecified atom stereocenters. The van der Waals surface area contributed by atoms with Crippen LogP contribution in [0.4, 0.5) is 0 Å². The van der Waals surface area contributed by atoms with Gasteiger partial charge in [-0.3, -0.25) is 0 Å². The SMILES string of the molecule is CC(C)=C1CC(C(=O)O)=CC=C1c1ccc(C(=O)O)cc1.Cl.Cl. The summed E-state index contributed by atoms with van der Waals surface area (Å²) in [7, 11) is 0. The molecule has 4 nitrogen and oxygen atoms in total. The van der Waals surface area contributed by atoms with Gasteiger partial charge in [0, 0.05) is 12.0 Å². The number of aliphatic carboxylic acids is 1. The van der Waals surface area contributed by atoms with Crippen molar-refractivity contribution in [3.63, 3.8) is 0 Å². The zero-order valence-corrected chi connectivity index (χ0v) is 14.3. The third-order valence-electron chi connectivity index (χ3n) is 3.46. The van der Waals surface area contributed by atoms with Gasteiger partial charge in [-0.15, -0.1) is 24.8 Å². The quantitative estimate of drug-likeness (QED) is 0.843. The highest BCUT2D eigenvalue weighted by molar-refractivity contribution is 5.94. The molecule has 1 aromatic carbocycles. The van der Waals surface area contributed by atoms with Crippen LogP contribution in [0.5, 0.6) is 0 Å². The fourth-order valence-electron chi connectivity index (χ4n) is 2.28. The average molecular weight is 357 g/mol. The van der Waals surface area contributed by atoms with Crippen LogP contribution in [-0.4, -0.2) is 22.2 Å². The van der Waals surface area contributed by atoms with Gasteiger partial charge in [-0.05, 0) is 42.7 Å². The lowest BCUT2D eigenvalue weighted by Crippen LogP contribution is -2.07. The summed E-state index contributed by atoms with van der Waals surface area (Å²) in [6.07, 6.45) is 3.77. The van der Waals surface area contributed by atoms with Crippen LogP contribution in [0.15, 0.2) is 53.1 Å². The summed E-state index contributed by atoms with van der Waals surface area (Å²) in [6.45, 7) is 3.89. The topological polar surface area (TPSA) is 74.6 Å². The first-order chi connectivity index (χ1) is 9.90. The number of carboxylic acid groups (broad SMARTS) is 2. The van der Waals surface area contributed by atoms with Crippen molar-refractivity contribution < 1.29 is 19.8 Å². The summed E-state index contributed by atoms with van der Waals surface area (Å²) < 4.78 is 0. The largest absolute Gasteiger partial charge is 0.478 e. The number of allylic oxidation sites excluding steroid dienone is 5. The van der Waals surface area contributed by atoms with E-state index in [1.807, 2.05) is 13.8 Å². The zero-order chi connectivity index (χ0) is 15.6. The van der Waals surface area contributed by atoms with Crippen molar-refractivity contribution >= 4 is 42.3 Å². The average Bonchev–Trinajstić information content (AvgIpc) is 2.46. The molecule has 1 aromatic rings. The van der Waals surface area contributed by atoms with Gasteiger partial charge in [0.05, 0.1) is 5.56 Å². The molecule has 1 aliphatic carbocycles. The van der Waals surface area contributed by atoms with Crippen molar-refractivity contribution in [3.05, 3.63) is 64.3 Å². The minimum absolute atomic E-state index is 0. The second-order valence-electron chi connectivity index (χ2n) is 5.12. The minimum Gasteiger partial charge on any atom is -0.478 e. The molecule has 0 atom stereocenters. The fourth-order valence-corrected chi connectivity index (χ4v) is 2.28. The third-order valence-corrected chi connectivity index (χ3v) is 3.46. The van der Waals surface area contributed by atoms with E-state index in [0.717, 1.165) is 22.3 Å². The summed E-state index contributed by atoms with van der Waals surface area (Å²) in [5, 5.41) is 18.0. The van der Waals surface area contributed by atoms with Crippen molar-refractivity contribution in [2.24, 2.45) is 0 Å². The molecule has 0 aliphatic heterocycles. The molecule has 0 saturated heterocycles. The van der Waals surface area contributed by atoms with Crippen LogP contribution in [0.2, 0.25) is 0 Å². The molecular formula is C17H18Cl2O4. The van der Waals surface area contributed by atoms with E-state index in [-0.39, 0.29) is 30.4 Å². The molecule has 2 rings (SSSR count). The smallest absolute Gasteiger partial charge is 0.335 e. The molecule has 0 amide bonds. The second-order valence-corrected chi connectivity index (χ2v) is 5.12. The second kappa shape index (κ2) is 8.56. The van der Waals surface area contributed by atoms with Crippen molar-refractivity contribution in [2.45, 2.75) is 20.3 Å². The predicted molar refractivity (Wildman–Crippen MR) is 94.6 cm³/mol. The summed E-state index contributed by atoms with van der Waals surface area (Å²) >= 11 is 0. The Balaban J connectivity index is 0.00000242. The molecule has 0 saturated carbocycles. The standard InChI is InChI=1S/C17H16O4.2ClH/c1-10(2)15-9-13(17(20)21)7-8-14(15)11-3-5-12(6-4-11)16(18)19;;/h3-8H,9H2,1-2H3,(H,18,19)(H,20,21);2*1H. The number of carboxylic acids is 2. The maximum absolute atomic E-state index is 11.1. The molecule has 0 fully saturated rings. The van der Waals surface area contributed by atoms with E-state index in [1.165, 1.54) is 0 Å². The normalized spacial score (nSPS) is 13.0. The van der Waals surface area contributed by atoms with Crippen LogP contribution in [-0.2, 0) is 4.79 Å². The van der Waals surface area contributed by atoms with E-state index in [4.69, 9.17) is 10.2 Å². The number of rotatable bonds is 3. The van der Waals surface area contributed by atoms with Crippen molar-refractivity contribution in [1.82, 2.24) is 0 Å². The van der Waals surface area contributed by atoms with Crippen LogP contribution < -0.4 is 0 Å². The first-order valence-electron chi connectivity index (χ1n) is 6.54. The summed E-state index contributed by atoms with van der Waals surface area (Å²) in [5.74, 6) is -1.88. The molecule has 124 valence electrons. The lowest BCUT2D eigenvalue weighted by Gasteiger charge is -2.19. The number of aromatic carboxylic acids is 1. The lowest BCUT2D eigenvalue weighted by atomic mass is 9.85.